The molecule has 0 N–H and O–H groups in total. The van der Waals surface area contributed by atoms with Crippen molar-refractivity contribution >= 4 is 99.4 Å². The summed E-state index contributed by atoms with van der Waals surface area (Å²) in [4.78, 5) is 4.79. The number of ether oxygens (including phenoxy) is 1. The van der Waals surface area contributed by atoms with E-state index >= 15 is 0 Å². The minimum Gasteiger partial charge on any atom is -0.455 e. The van der Waals surface area contributed by atoms with Crippen LogP contribution in [-0.4, -0.2) is 12.2 Å². The lowest BCUT2D eigenvalue weighted by Gasteiger charge is -2.35. The standard InChI is InChI=1S/C68H46N2O3/c1-5-21-43(22-6-1)47-33-17-35-53-55-37-19-39-58(67(55)72-64(47)53)69(45-25-9-3-10-26-45)60-41-57-63-51-31-15-13-29-49(51)61(42-62(63)71-66(57)52-32-16-14-30-50(52)60)70(46-27-11-4-12-28-46)59-40-20-38-56-54-36-18-34-48(65(54)73-68(56)59)44-23-7-2-8-24-44/h1-42,54,56,65,68H. The number of rotatable bonds is 8. The second-order valence-electron chi connectivity index (χ2n) is 19.4. The Morgan fingerprint density at radius 3 is 1.62 bits per heavy atom. The zero-order valence-corrected chi connectivity index (χ0v) is 39.7. The van der Waals surface area contributed by atoms with Gasteiger partial charge in [0.25, 0.3) is 0 Å². The quantitative estimate of drug-likeness (QED) is 0.152. The Bertz CT molecular complexity index is 4260. The molecule has 0 radical (unpaired) electrons. The molecule has 0 saturated carbocycles. The summed E-state index contributed by atoms with van der Waals surface area (Å²) in [7, 11) is 0. The Labute approximate surface area is 422 Å². The molecule has 10 aromatic carbocycles. The number of hydrogen-bond acceptors (Lipinski definition) is 5. The van der Waals surface area contributed by atoms with Gasteiger partial charge in [0.2, 0.25) is 0 Å². The minimum atomic E-state index is -0.197. The highest BCUT2D eigenvalue weighted by atomic mass is 16.5. The Kier molecular flexibility index (Phi) is 9.54. The summed E-state index contributed by atoms with van der Waals surface area (Å²) in [6.07, 6.45) is 13.3. The highest BCUT2D eigenvalue weighted by molar-refractivity contribution is 6.28. The molecule has 0 amide bonds. The third-order valence-corrected chi connectivity index (χ3v) is 15.4. The Balaban J connectivity index is 0.939. The van der Waals surface area contributed by atoms with E-state index in [1.165, 1.54) is 11.1 Å². The molecule has 15 rings (SSSR count). The van der Waals surface area contributed by atoms with Crippen LogP contribution >= 0.6 is 0 Å². The molecule has 73 heavy (non-hydrogen) atoms. The van der Waals surface area contributed by atoms with Crippen molar-refractivity contribution in [1.29, 1.82) is 0 Å². The molecule has 4 atom stereocenters. The van der Waals surface area contributed by atoms with Gasteiger partial charge in [0.1, 0.15) is 22.9 Å². The Hall–Kier alpha value is -9.16. The summed E-state index contributed by atoms with van der Waals surface area (Å²) in [6.45, 7) is 0. The van der Waals surface area contributed by atoms with Crippen LogP contribution in [0, 0.1) is 11.8 Å². The highest BCUT2D eigenvalue weighted by Crippen LogP contribution is 2.53. The molecule has 1 saturated heterocycles. The van der Waals surface area contributed by atoms with E-state index in [0.29, 0.717) is 0 Å². The molecular weight excluding hydrogens is 893 g/mol. The van der Waals surface area contributed by atoms with Crippen molar-refractivity contribution in [3.05, 3.63) is 266 Å². The van der Waals surface area contributed by atoms with Crippen LogP contribution in [0.1, 0.15) is 5.56 Å². The SMILES string of the molecule is C1=CC2C(OC3C(N(c4ccccc4)c4cc5oc6c7ccccc7c(N(c7ccccc7)c7cccc8c7oc7c(-c9ccccc9)cccc78)cc6c5c5ccccc45)=CC=CC32)C(c2ccccc2)=C1. The fourth-order valence-electron chi connectivity index (χ4n) is 12.2. The van der Waals surface area contributed by atoms with Crippen molar-refractivity contribution in [2.45, 2.75) is 12.2 Å². The molecule has 1 aliphatic heterocycles. The molecule has 4 unspecified atom stereocenters. The van der Waals surface area contributed by atoms with Crippen LogP contribution in [0.4, 0.5) is 28.4 Å². The first-order valence-electron chi connectivity index (χ1n) is 25.2. The number of anilines is 5. The number of benzene rings is 10. The van der Waals surface area contributed by atoms with E-state index in [4.69, 9.17) is 13.6 Å². The predicted molar refractivity (Wildman–Crippen MR) is 301 cm³/mol. The van der Waals surface area contributed by atoms with Crippen LogP contribution in [0.15, 0.2) is 269 Å². The van der Waals surface area contributed by atoms with Gasteiger partial charge in [-0.25, -0.2) is 0 Å². The smallest absolute Gasteiger partial charge is 0.159 e. The zero-order chi connectivity index (χ0) is 48.0. The molecule has 0 bridgehead atoms. The summed E-state index contributed by atoms with van der Waals surface area (Å²) in [6, 6.07) is 77.6. The first-order valence-corrected chi connectivity index (χ1v) is 25.2. The van der Waals surface area contributed by atoms with Crippen molar-refractivity contribution in [2.24, 2.45) is 11.8 Å². The van der Waals surface area contributed by atoms with Gasteiger partial charge in [-0.15, -0.1) is 0 Å². The van der Waals surface area contributed by atoms with Gasteiger partial charge in [0, 0.05) is 72.5 Å². The van der Waals surface area contributed by atoms with Crippen molar-refractivity contribution in [1.82, 2.24) is 0 Å². The maximum Gasteiger partial charge on any atom is 0.159 e. The second kappa shape index (κ2) is 16.7. The fourth-order valence-corrected chi connectivity index (χ4v) is 12.2. The Morgan fingerprint density at radius 1 is 0.356 bits per heavy atom. The molecule has 3 heterocycles. The van der Waals surface area contributed by atoms with Gasteiger partial charge >= 0.3 is 0 Å². The average molecular weight is 939 g/mol. The van der Waals surface area contributed by atoms with E-state index in [-0.39, 0.29) is 24.0 Å². The molecule has 2 aromatic heterocycles. The molecule has 0 spiro atoms. The van der Waals surface area contributed by atoms with Crippen LogP contribution < -0.4 is 9.80 Å². The van der Waals surface area contributed by atoms with Gasteiger partial charge in [0.15, 0.2) is 5.58 Å². The summed E-state index contributed by atoms with van der Waals surface area (Å²) >= 11 is 0. The minimum absolute atomic E-state index is 0.0794. The third-order valence-electron chi connectivity index (χ3n) is 15.4. The molecule has 2 aliphatic carbocycles. The summed E-state index contributed by atoms with van der Waals surface area (Å²) in [5, 5.41) is 8.57. The lowest BCUT2D eigenvalue weighted by molar-refractivity contribution is 0.0860. The molecule has 5 heteroatoms. The fraction of sp³-hybridized carbons (Fsp3) is 0.0588. The van der Waals surface area contributed by atoms with E-state index < -0.39 is 0 Å². The molecule has 3 aliphatic rings. The van der Waals surface area contributed by atoms with Crippen LogP contribution in [0.25, 0.3) is 82.1 Å². The van der Waals surface area contributed by atoms with Crippen molar-refractivity contribution in [3.63, 3.8) is 0 Å². The molecule has 12 aromatic rings. The van der Waals surface area contributed by atoms with Crippen LogP contribution in [0.5, 0.6) is 0 Å². The number of hydrogen-bond donors (Lipinski definition) is 0. The highest BCUT2D eigenvalue weighted by Gasteiger charge is 2.48. The van der Waals surface area contributed by atoms with Crippen molar-refractivity contribution in [3.8, 4) is 11.1 Å². The number of fused-ring (bicyclic) bond motifs is 13. The first-order chi connectivity index (χ1) is 36.2. The van der Waals surface area contributed by atoms with Crippen molar-refractivity contribution in [2.75, 3.05) is 9.80 Å². The molecule has 346 valence electrons. The molecular formula is C68H46N2O3. The van der Waals surface area contributed by atoms with Crippen molar-refractivity contribution < 1.29 is 13.6 Å². The third kappa shape index (κ3) is 6.52. The van der Waals surface area contributed by atoms with E-state index in [1.54, 1.807) is 0 Å². The first kappa shape index (κ1) is 41.6. The van der Waals surface area contributed by atoms with E-state index in [2.05, 4.69) is 265 Å². The topological polar surface area (TPSA) is 42.0 Å². The molecule has 5 nitrogen and oxygen atoms in total. The van der Waals surface area contributed by atoms with Crippen LogP contribution in [-0.2, 0) is 4.74 Å². The van der Waals surface area contributed by atoms with E-state index in [0.717, 1.165) is 111 Å². The summed E-state index contributed by atoms with van der Waals surface area (Å²) < 4.78 is 21.7. The van der Waals surface area contributed by atoms with Gasteiger partial charge < -0.3 is 23.4 Å². The number of para-hydroxylation sites is 4. The van der Waals surface area contributed by atoms with E-state index in [9.17, 15) is 0 Å². The summed E-state index contributed by atoms with van der Waals surface area (Å²) in [5.74, 6) is 0.343. The van der Waals surface area contributed by atoms with Crippen LogP contribution in [0.3, 0.4) is 0 Å². The lowest BCUT2D eigenvalue weighted by atomic mass is 9.78. The number of nitrogens with zero attached hydrogens (tertiary/aromatic N) is 2. The van der Waals surface area contributed by atoms with Crippen LogP contribution in [0.2, 0.25) is 0 Å². The normalized spacial score (nSPS) is 18.1. The second-order valence-corrected chi connectivity index (χ2v) is 19.4. The maximum absolute atomic E-state index is 7.33. The summed E-state index contributed by atoms with van der Waals surface area (Å²) in [5.41, 5.74) is 14.1. The molecule has 1 fully saturated rings. The van der Waals surface area contributed by atoms with E-state index in [1.807, 2.05) is 0 Å². The predicted octanol–water partition coefficient (Wildman–Crippen LogP) is 18.2. The lowest BCUT2D eigenvalue weighted by Crippen LogP contribution is -2.32. The number of furan rings is 2. The zero-order valence-electron chi connectivity index (χ0n) is 39.7. The monoisotopic (exact) mass is 938 g/mol. The maximum atomic E-state index is 7.33. The van der Waals surface area contributed by atoms with Gasteiger partial charge in [0.05, 0.1) is 28.9 Å². The average Bonchev–Trinajstić information content (AvgIpc) is 4.19. The number of allylic oxidation sites excluding steroid dienone is 4. The largest absolute Gasteiger partial charge is 0.455 e. The van der Waals surface area contributed by atoms with Gasteiger partial charge in [-0.1, -0.05) is 206 Å². The van der Waals surface area contributed by atoms with Gasteiger partial charge in [-0.3, -0.25) is 0 Å². The van der Waals surface area contributed by atoms with Gasteiger partial charge in [-0.05, 0) is 64.6 Å². The Morgan fingerprint density at radius 2 is 0.890 bits per heavy atom. The van der Waals surface area contributed by atoms with Gasteiger partial charge in [-0.2, -0.15) is 0 Å².